The average molecular weight is 306 g/mol. The van der Waals surface area contributed by atoms with Gasteiger partial charge in [0.15, 0.2) is 0 Å². The Morgan fingerprint density at radius 3 is 2.76 bits per heavy atom. The molecule has 5 nitrogen and oxygen atoms in total. The summed E-state index contributed by atoms with van der Waals surface area (Å²) < 4.78 is 0. The van der Waals surface area contributed by atoms with Gasteiger partial charge in [-0.15, -0.1) is 0 Å². The van der Waals surface area contributed by atoms with Gasteiger partial charge in [-0.05, 0) is 11.6 Å². The highest BCUT2D eigenvalue weighted by molar-refractivity contribution is 7.80. The molecule has 2 aromatic rings. The molecule has 112 valence electrons. The Morgan fingerprint density at radius 2 is 2.10 bits per heavy atom. The number of aromatic amines is 1. The molecule has 0 aliphatic rings. The Labute approximate surface area is 128 Å². The highest BCUT2D eigenvalue weighted by Gasteiger charge is 2.23. The Balaban J connectivity index is 2.17. The molecular weight excluding hydrogens is 288 g/mol. The molecule has 1 amide bonds. The van der Waals surface area contributed by atoms with Crippen LogP contribution in [-0.2, 0) is 16.0 Å². The second-order valence-corrected chi connectivity index (χ2v) is 5.41. The fourth-order valence-corrected chi connectivity index (χ4v) is 2.28. The molecule has 0 saturated heterocycles. The topological polar surface area (TPSA) is 82.2 Å². The van der Waals surface area contributed by atoms with Crippen molar-refractivity contribution in [1.82, 2.24) is 10.3 Å². The maximum atomic E-state index is 11.8. The van der Waals surface area contributed by atoms with Crippen molar-refractivity contribution in [2.45, 2.75) is 19.4 Å². The van der Waals surface area contributed by atoms with E-state index in [0.29, 0.717) is 5.75 Å². The van der Waals surface area contributed by atoms with Crippen LogP contribution in [0.25, 0.3) is 10.9 Å². The minimum Gasteiger partial charge on any atom is -0.480 e. The van der Waals surface area contributed by atoms with Crippen LogP contribution < -0.4 is 5.32 Å². The number of carbonyl (C=O) groups excluding carboxylic acids is 1. The van der Waals surface area contributed by atoms with Gasteiger partial charge in [0.25, 0.3) is 0 Å². The number of nitrogens with one attached hydrogen (secondary N) is 2. The predicted octanol–water partition coefficient (Wildman–Crippen LogP) is 1.85. The van der Waals surface area contributed by atoms with Gasteiger partial charge < -0.3 is 15.4 Å². The summed E-state index contributed by atoms with van der Waals surface area (Å²) in [7, 11) is 0. The van der Waals surface area contributed by atoms with E-state index in [2.05, 4.69) is 22.9 Å². The first-order chi connectivity index (χ1) is 10.0. The lowest BCUT2D eigenvalue weighted by atomic mass is 10.0. The monoisotopic (exact) mass is 306 g/mol. The SMILES string of the molecule is CC(CS)C(=O)NC(Cc1c[nH]c2ccccc12)C(=O)O. The van der Waals surface area contributed by atoms with E-state index in [-0.39, 0.29) is 18.2 Å². The number of carbonyl (C=O) groups is 2. The molecular formula is C15H18N2O3S. The largest absolute Gasteiger partial charge is 0.480 e. The average Bonchev–Trinajstić information content (AvgIpc) is 2.88. The Morgan fingerprint density at radius 1 is 1.38 bits per heavy atom. The van der Waals surface area contributed by atoms with Gasteiger partial charge in [0.1, 0.15) is 6.04 Å². The third kappa shape index (κ3) is 3.58. The van der Waals surface area contributed by atoms with Crippen molar-refractivity contribution in [3.05, 3.63) is 36.0 Å². The van der Waals surface area contributed by atoms with Gasteiger partial charge in [-0.2, -0.15) is 12.6 Å². The summed E-state index contributed by atoms with van der Waals surface area (Å²) in [5.41, 5.74) is 1.82. The first-order valence-corrected chi connectivity index (χ1v) is 7.35. The lowest BCUT2D eigenvalue weighted by molar-refractivity contribution is -0.142. The summed E-state index contributed by atoms with van der Waals surface area (Å²) in [5.74, 6) is -1.28. The first-order valence-electron chi connectivity index (χ1n) is 6.72. The maximum Gasteiger partial charge on any atom is 0.326 e. The summed E-state index contributed by atoms with van der Waals surface area (Å²) in [6.07, 6.45) is 2.03. The van der Waals surface area contributed by atoms with Crippen molar-refractivity contribution in [2.24, 2.45) is 5.92 Å². The van der Waals surface area contributed by atoms with Gasteiger partial charge in [-0.3, -0.25) is 4.79 Å². The number of amides is 1. The number of thiol groups is 1. The van der Waals surface area contributed by atoms with Gasteiger partial charge in [0, 0.05) is 35.2 Å². The number of hydrogen-bond donors (Lipinski definition) is 4. The van der Waals surface area contributed by atoms with Crippen molar-refractivity contribution in [3.63, 3.8) is 0 Å². The van der Waals surface area contributed by atoms with E-state index < -0.39 is 12.0 Å². The lowest BCUT2D eigenvalue weighted by Gasteiger charge is -2.16. The molecule has 3 N–H and O–H groups in total. The third-order valence-corrected chi connectivity index (χ3v) is 3.98. The number of rotatable bonds is 6. The standard InChI is InChI=1S/C15H18N2O3S/c1-9(8-21)14(18)17-13(15(19)20)6-10-7-16-12-5-3-2-4-11(10)12/h2-5,7,9,13,16,21H,6,8H2,1H3,(H,17,18)(H,19,20). The first kappa shape index (κ1) is 15.4. The number of aromatic nitrogens is 1. The number of fused-ring (bicyclic) bond motifs is 1. The van der Waals surface area contributed by atoms with Crippen LogP contribution in [0.15, 0.2) is 30.5 Å². The number of H-pyrrole nitrogens is 1. The van der Waals surface area contributed by atoms with E-state index in [0.717, 1.165) is 16.5 Å². The summed E-state index contributed by atoms with van der Waals surface area (Å²) >= 11 is 4.05. The highest BCUT2D eigenvalue weighted by Crippen LogP contribution is 2.19. The van der Waals surface area contributed by atoms with Crippen LogP contribution in [0.3, 0.4) is 0 Å². The molecule has 21 heavy (non-hydrogen) atoms. The van der Waals surface area contributed by atoms with E-state index >= 15 is 0 Å². The van der Waals surface area contributed by atoms with Crippen LogP contribution in [-0.4, -0.2) is 33.8 Å². The number of hydrogen-bond acceptors (Lipinski definition) is 3. The molecule has 1 aromatic carbocycles. The second-order valence-electron chi connectivity index (χ2n) is 5.05. The van der Waals surface area contributed by atoms with Crippen molar-refractivity contribution in [3.8, 4) is 0 Å². The summed E-state index contributed by atoms with van der Waals surface area (Å²) in [5, 5.41) is 12.8. The van der Waals surface area contributed by atoms with Crippen molar-refractivity contribution in [2.75, 3.05) is 5.75 Å². The van der Waals surface area contributed by atoms with Crippen molar-refractivity contribution in [1.29, 1.82) is 0 Å². The summed E-state index contributed by atoms with van der Waals surface area (Å²) in [6, 6.07) is 6.72. The molecule has 1 aromatic heterocycles. The fraction of sp³-hybridized carbons (Fsp3) is 0.333. The number of para-hydroxylation sites is 1. The van der Waals surface area contributed by atoms with Crippen LogP contribution in [0.1, 0.15) is 12.5 Å². The molecule has 0 bridgehead atoms. The number of carboxylic acid groups (broad SMARTS) is 1. The molecule has 0 aliphatic carbocycles. The van der Waals surface area contributed by atoms with E-state index in [1.54, 1.807) is 13.1 Å². The van der Waals surface area contributed by atoms with Crippen molar-refractivity contribution >= 4 is 35.4 Å². The Hall–Kier alpha value is -1.95. The molecule has 0 fully saturated rings. The van der Waals surface area contributed by atoms with E-state index in [1.165, 1.54) is 0 Å². The number of benzene rings is 1. The second kappa shape index (κ2) is 6.67. The lowest BCUT2D eigenvalue weighted by Crippen LogP contribution is -2.44. The Bertz CT molecular complexity index is 653. The molecule has 2 atom stereocenters. The molecule has 2 rings (SSSR count). The molecule has 2 unspecified atom stereocenters. The fourth-order valence-electron chi connectivity index (χ4n) is 2.12. The molecule has 6 heteroatoms. The molecule has 0 radical (unpaired) electrons. The van der Waals surface area contributed by atoms with Gasteiger partial charge in [0.2, 0.25) is 5.91 Å². The number of aliphatic carboxylic acids is 1. The van der Waals surface area contributed by atoms with Crippen LogP contribution in [0, 0.1) is 5.92 Å². The van der Waals surface area contributed by atoms with Gasteiger partial charge in [0.05, 0.1) is 0 Å². The maximum absolute atomic E-state index is 11.8. The van der Waals surface area contributed by atoms with Crippen LogP contribution in [0.2, 0.25) is 0 Å². The normalized spacial score (nSPS) is 13.8. The highest BCUT2D eigenvalue weighted by atomic mass is 32.1. The van der Waals surface area contributed by atoms with E-state index in [1.807, 2.05) is 24.3 Å². The zero-order chi connectivity index (χ0) is 15.4. The number of carboxylic acids is 1. The Kier molecular flexibility index (Phi) is 4.90. The predicted molar refractivity (Wildman–Crippen MR) is 84.6 cm³/mol. The smallest absolute Gasteiger partial charge is 0.326 e. The quantitative estimate of drug-likeness (QED) is 0.615. The zero-order valence-electron chi connectivity index (χ0n) is 11.7. The third-order valence-electron chi connectivity index (χ3n) is 3.43. The minimum atomic E-state index is -1.04. The van der Waals surface area contributed by atoms with E-state index in [9.17, 15) is 14.7 Å². The van der Waals surface area contributed by atoms with Crippen LogP contribution in [0.4, 0.5) is 0 Å². The van der Waals surface area contributed by atoms with Crippen molar-refractivity contribution < 1.29 is 14.7 Å². The molecule has 0 spiro atoms. The van der Waals surface area contributed by atoms with Crippen LogP contribution in [0.5, 0.6) is 0 Å². The van der Waals surface area contributed by atoms with Gasteiger partial charge >= 0.3 is 5.97 Å². The molecule has 0 saturated carbocycles. The van der Waals surface area contributed by atoms with Crippen LogP contribution >= 0.6 is 12.6 Å². The zero-order valence-corrected chi connectivity index (χ0v) is 12.6. The van der Waals surface area contributed by atoms with Gasteiger partial charge in [-0.1, -0.05) is 25.1 Å². The molecule has 0 aliphatic heterocycles. The summed E-state index contributed by atoms with van der Waals surface area (Å²) in [4.78, 5) is 26.3. The van der Waals surface area contributed by atoms with E-state index in [4.69, 9.17) is 0 Å². The minimum absolute atomic E-state index is 0.240. The van der Waals surface area contributed by atoms with Gasteiger partial charge in [-0.25, -0.2) is 4.79 Å². The molecule has 1 heterocycles. The summed E-state index contributed by atoms with van der Waals surface area (Å²) in [6.45, 7) is 1.72.